The van der Waals surface area contributed by atoms with Gasteiger partial charge in [-0.3, -0.25) is 0 Å². The van der Waals surface area contributed by atoms with Crippen molar-refractivity contribution in [3.8, 4) is 11.5 Å². The topological polar surface area (TPSA) is 70.9 Å². The minimum absolute atomic E-state index is 0.409. The zero-order valence-electron chi connectivity index (χ0n) is 15.2. The summed E-state index contributed by atoms with van der Waals surface area (Å²) in [5.74, 6) is 1.25. The minimum Gasteiger partial charge on any atom is -0.487 e. The fraction of sp³-hybridized carbons (Fsp3) is 0.400. The Morgan fingerprint density at radius 1 is 0.519 bits per heavy atom. The fourth-order valence-electron chi connectivity index (χ4n) is 2.36. The maximum Gasteiger partial charge on any atom is 0.163 e. The molecule has 0 spiro atoms. The second kappa shape index (κ2) is 11.3. The molecule has 2 aromatic carbocycles. The monoisotopic (exact) mass is 372 g/mol. The Labute approximate surface area is 158 Å². The van der Waals surface area contributed by atoms with Crippen LogP contribution in [-0.4, -0.2) is 52.9 Å². The first-order valence-corrected chi connectivity index (χ1v) is 9.01. The quantitative estimate of drug-likeness (QED) is 0.747. The van der Waals surface area contributed by atoms with Crippen LogP contribution in [0.1, 0.15) is 0 Å². The predicted octanol–water partition coefficient (Wildman–Crippen LogP) is 3.92. The van der Waals surface area contributed by atoms with Crippen molar-refractivity contribution < 1.29 is 23.7 Å². The molecule has 0 radical (unpaired) electrons. The van der Waals surface area contributed by atoms with Crippen molar-refractivity contribution in [2.24, 2.45) is 10.2 Å². The standard InChI is InChI=1S/C20H24N2O5/c1-2-4-17(5-3-1)21-22-18-6-7-19-20(16-18)27-15-13-25-11-9-23-8-10-24-12-14-26-19/h1-7,16H,8-15H2. The molecule has 0 aromatic heterocycles. The Hall–Kier alpha value is -2.48. The molecule has 0 amide bonds. The van der Waals surface area contributed by atoms with E-state index in [1.54, 1.807) is 0 Å². The van der Waals surface area contributed by atoms with Crippen LogP contribution in [0.25, 0.3) is 0 Å². The van der Waals surface area contributed by atoms with E-state index in [4.69, 9.17) is 23.7 Å². The van der Waals surface area contributed by atoms with Gasteiger partial charge in [0.2, 0.25) is 0 Å². The third-order valence-electron chi connectivity index (χ3n) is 3.68. The molecule has 0 N–H and O–H groups in total. The summed E-state index contributed by atoms with van der Waals surface area (Å²) in [6.07, 6.45) is 0. The molecule has 7 nitrogen and oxygen atoms in total. The molecule has 7 heteroatoms. The first kappa shape index (κ1) is 19.3. The molecule has 3 rings (SSSR count). The van der Waals surface area contributed by atoms with Crippen LogP contribution in [0.4, 0.5) is 11.4 Å². The van der Waals surface area contributed by atoms with Gasteiger partial charge in [-0.1, -0.05) is 18.2 Å². The summed E-state index contributed by atoms with van der Waals surface area (Å²) in [4.78, 5) is 0. The van der Waals surface area contributed by atoms with Crippen LogP contribution in [-0.2, 0) is 14.2 Å². The highest BCUT2D eigenvalue weighted by molar-refractivity contribution is 5.51. The molecule has 0 unspecified atom stereocenters. The maximum absolute atomic E-state index is 5.82. The van der Waals surface area contributed by atoms with E-state index in [2.05, 4.69) is 10.2 Å². The van der Waals surface area contributed by atoms with Crippen molar-refractivity contribution in [1.29, 1.82) is 0 Å². The normalized spacial score (nSPS) is 17.2. The molecular weight excluding hydrogens is 348 g/mol. The van der Waals surface area contributed by atoms with Crippen LogP contribution in [0.3, 0.4) is 0 Å². The summed E-state index contributed by atoms with van der Waals surface area (Å²) in [6.45, 7) is 3.93. The second-order valence-electron chi connectivity index (χ2n) is 5.70. The van der Waals surface area contributed by atoms with Crippen molar-refractivity contribution in [2.45, 2.75) is 0 Å². The van der Waals surface area contributed by atoms with Crippen LogP contribution >= 0.6 is 0 Å². The molecule has 2 aromatic rings. The molecule has 0 saturated heterocycles. The van der Waals surface area contributed by atoms with Crippen molar-refractivity contribution in [3.63, 3.8) is 0 Å². The van der Waals surface area contributed by atoms with E-state index in [1.807, 2.05) is 48.5 Å². The highest BCUT2D eigenvalue weighted by Gasteiger charge is 2.08. The smallest absolute Gasteiger partial charge is 0.163 e. The zero-order chi connectivity index (χ0) is 18.6. The lowest BCUT2D eigenvalue weighted by molar-refractivity contribution is 0.00708. The summed E-state index contributed by atoms with van der Waals surface area (Å²) in [5.41, 5.74) is 1.48. The lowest BCUT2D eigenvalue weighted by Gasteiger charge is -2.13. The van der Waals surface area contributed by atoms with Gasteiger partial charge in [-0.15, -0.1) is 0 Å². The van der Waals surface area contributed by atoms with Crippen LogP contribution in [0.2, 0.25) is 0 Å². The van der Waals surface area contributed by atoms with Crippen molar-refractivity contribution in [3.05, 3.63) is 48.5 Å². The van der Waals surface area contributed by atoms with Crippen molar-refractivity contribution >= 4 is 11.4 Å². The summed E-state index contributed by atoms with van der Waals surface area (Å²) in [6, 6.07) is 15.1. The molecule has 1 heterocycles. The number of benzene rings is 2. The third kappa shape index (κ3) is 6.97. The number of hydrogen-bond donors (Lipinski definition) is 0. The molecule has 0 bridgehead atoms. The average Bonchev–Trinajstić information content (AvgIpc) is 2.72. The third-order valence-corrected chi connectivity index (χ3v) is 3.68. The number of hydrogen-bond acceptors (Lipinski definition) is 7. The van der Waals surface area contributed by atoms with Crippen molar-refractivity contribution in [1.82, 2.24) is 0 Å². The van der Waals surface area contributed by atoms with E-state index in [1.165, 1.54) is 0 Å². The van der Waals surface area contributed by atoms with E-state index < -0.39 is 0 Å². The number of rotatable bonds is 2. The average molecular weight is 372 g/mol. The first-order valence-electron chi connectivity index (χ1n) is 9.01. The van der Waals surface area contributed by atoms with Gasteiger partial charge in [0.1, 0.15) is 13.2 Å². The highest BCUT2D eigenvalue weighted by Crippen LogP contribution is 2.32. The largest absolute Gasteiger partial charge is 0.487 e. The molecule has 144 valence electrons. The van der Waals surface area contributed by atoms with E-state index in [0.717, 1.165) is 5.69 Å². The lowest BCUT2D eigenvalue weighted by atomic mass is 10.3. The van der Waals surface area contributed by atoms with Gasteiger partial charge in [0, 0.05) is 6.07 Å². The molecule has 27 heavy (non-hydrogen) atoms. The van der Waals surface area contributed by atoms with Gasteiger partial charge in [-0.05, 0) is 24.3 Å². The fourth-order valence-corrected chi connectivity index (χ4v) is 2.36. The predicted molar refractivity (Wildman–Crippen MR) is 101 cm³/mol. The molecule has 1 aliphatic heterocycles. The number of ether oxygens (including phenoxy) is 5. The van der Waals surface area contributed by atoms with Gasteiger partial charge in [-0.2, -0.15) is 10.2 Å². The van der Waals surface area contributed by atoms with Crippen LogP contribution < -0.4 is 9.47 Å². The van der Waals surface area contributed by atoms with Crippen LogP contribution in [0, 0.1) is 0 Å². The van der Waals surface area contributed by atoms with Crippen molar-refractivity contribution in [2.75, 3.05) is 52.9 Å². The van der Waals surface area contributed by atoms with Gasteiger partial charge >= 0.3 is 0 Å². The Bertz CT molecular complexity index is 709. The molecular formula is C20H24N2O5. The van der Waals surface area contributed by atoms with Gasteiger partial charge in [0.05, 0.1) is 51.0 Å². The summed E-state index contributed by atoms with van der Waals surface area (Å²) < 4.78 is 28.0. The van der Waals surface area contributed by atoms with Gasteiger partial charge < -0.3 is 23.7 Å². The van der Waals surface area contributed by atoms with E-state index >= 15 is 0 Å². The lowest BCUT2D eigenvalue weighted by Crippen LogP contribution is -2.13. The Morgan fingerprint density at radius 2 is 1.07 bits per heavy atom. The summed E-state index contributed by atoms with van der Waals surface area (Å²) in [7, 11) is 0. The number of fused-ring (bicyclic) bond motifs is 1. The Balaban J connectivity index is 1.67. The van der Waals surface area contributed by atoms with Gasteiger partial charge in [-0.25, -0.2) is 0 Å². The summed E-state index contributed by atoms with van der Waals surface area (Å²) >= 11 is 0. The molecule has 0 aliphatic carbocycles. The maximum atomic E-state index is 5.82. The zero-order valence-corrected chi connectivity index (χ0v) is 15.2. The highest BCUT2D eigenvalue weighted by atomic mass is 16.6. The van der Waals surface area contributed by atoms with Crippen LogP contribution in [0.5, 0.6) is 11.5 Å². The minimum atomic E-state index is 0.409. The van der Waals surface area contributed by atoms with Gasteiger partial charge in [0.25, 0.3) is 0 Å². The Kier molecular flexibility index (Phi) is 8.06. The first-order chi connectivity index (χ1) is 13.4. The SMILES string of the molecule is c1ccc(N=Nc2ccc3c(c2)OCCOCCOCCOCCO3)cc1. The van der Waals surface area contributed by atoms with E-state index in [9.17, 15) is 0 Å². The number of nitrogens with zero attached hydrogens (tertiary/aromatic N) is 2. The number of azo groups is 1. The molecule has 1 aliphatic rings. The molecule has 0 saturated carbocycles. The Morgan fingerprint density at radius 3 is 1.74 bits per heavy atom. The molecule has 0 fully saturated rings. The van der Waals surface area contributed by atoms with E-state index in [-0.39, 0.29) is 0 Å². The summed E-state index contributed by atoms with van der Waals surface area (Å²) in [5, 5.41) is 8.50. The second-order valence-corrected chi connectivity index (χ2v) is 5.70. The van der Waals surface area contributed by atoms with Gasteiger partial charge in [0.15, 0.2) is 11.5 Å². The van der Waals surface area contributed by atoms with E-state index in [0.29, 0.717) is 70.0 Å². The van der Waals surface area contributed by atoms with Crippen LogP contribution in [0.15, 0.2) is 58.8 Å². The molecule has 0 atom stereocenters.